The van der Waals surface area contributed by atoms with Crippen molar-refractivity contribution in [2.75, 3.05) is 0 Å². The summed E-state index contributed by atoms with van der Waals surface area (Å²) in [6.07, 6.45) is 2.60. The molecule has 0 radical (unpaired) electrons. The van der Waals surface area contributed by atoms with Gasteiger partial charge in [0.25, 0.3) is 0 Å². The Bertz CT molecular complexity index is 554. The molecule has 1 aromatic heterocycles. The van der Waals surface area contributed by atoms with E-state index in [4.69, 9.17) is 11.6 Å². The van der Waals surface area contributed by atoms with Crippen LogP contribution in [0.5, 0.6) is 0 Å². The number of hydrogen-bond donors (Lipinski definition) is 1. The van der Waals surface area contributed by atoms with Crippen LogP contribution in [0, 0.1) is 0 Å². The molecule has 3 nitrogen and oxygen atoms in total. The second-order valence-corrected chi connectivity index (χ2v) is 4.54. The van der Waals surface area contributed by atoms with Crippen LogP contribution in [0.15, 0.2) is 30.5 Å². The highest BCUT2D eigenvalue weighted by molar-refractivity contribution is 6.31. The highest BCUT2D eigenvalue weighted by Gasteiger charge is 2.13. The number of halogens is 1. The Morgan fingerprint density at radius 3 is 3.00 bits per heavy atom. The molecule has 4 heteroatoms. The van der Waals surface area contributed by atoms with E-state index in [0.717, 1.165) is 35.2 Å². The first-order valence-electron chi connectivity index (χ1n) is 5.61. The third kappa shape index (κ3) is 2.16. The highest BCUT2D eigenvalue weighted by atomic mass is 35.5. The molecule has 0 saturated carbocycles. The van der Waals surface area contributed by atoms with Crippen molar-refractivity contribution in [3.8, 4) is 0 Å². The molecule has 0 saturated heterocycles. The van der Waals surface area contributed by atoms with Crippen molar-refractivity contribution in [2.24, 2.45) is 0 Å². The van der Waals surface area contributed by atoms with E-state index in [1.165, 1.54) is 5.56 Å². The van der Waals surface area contributed by atoms with Gasteiger partial charge in [-0.05, 0) is 11.6 Å². The van der Waals surface area contributed by atoms with Crippen LogP contribution in [0.25, 0.3) is 0 Å². The van der Waals surface area contributed by atoms with Crippen molar-refractivity contribution >= 4 is 11.6 Å². The molecule has 2 aromatic rings. The minimum Gasteiger partial charge on any atom is -0.307 e. The fraction of sp³-hybridized carbons (Fsp3) is 0.231. The summed E-state index contributed by atoms with van der Waals surface area (Å²) in [6, 6.07) is 7.82. The first-order valence-corrected chi connectivity index (χ1v) is 5.98. The average Bonchev–Trinajstić information content (AvgIpc) is 2.79. The van der Waals surface area contributed by atoms with Crippen LogP contribution in [-0.2, 0) is 19.5 Å². The number of nitrogens with zero attached hydrogens (tertiary/aromatic N) is 2. The Morgan fingerprint density at radius 2 is 2.12 bits per heavy atom. The third-order valence-electron chi connectivity index (χ3n) is 2.92. The zero-order chi connectivity index (χ0) is 11.7. The standard InChI is InChI=1S/C13H12ClN3/c14-11-4-2-1-3-9(11)5-13-16-7-10-6-15-8-12(10)17-13/h1-4,7,15H,5-6,8H2. The first-order chi connectivity index (χ1) is 8.33. The van der Waals surface area contributed by atoms with E-state index in [9.17, 15) is 0 Å². The Morgan fingerprint density at radius 1 is 1.24 bits per heavy atom. The Hall–Kier alpha value is -1.45. The van der Waals surface area contributed by atoms with Crippen molar-refractivity contribution < 1.29 is 0 Å². The lowest BCUT2D eigenvalue weighted by molar-refractivity contribution is 0.756. The summed E-state index contributed by atoms with van der Waals surface area (Å²) in [7, 11) is 0. The topological polar surface area (TPSA) is 37.8 Å². The molecule has 17 heavy (non-hydrogen) atoms. The number of benzene rings is 1. The van der Waals surface area contributed by atoms with Crippen LogP contribution < -0.4 is 5.32 Å². The molecular formula is C13H12ClN3. The number of aromatic nitrogens is 2. The van der Waals surface area contributed by atoms with E-state index in [-0.39, 0.29) is 0 Å². The van der Waals surface area contributed by atoms with E-state index in [2.05, 4.69) is 15.3 Å². The van der Waals surface area contributed by atoms with Gasteiger partial charge < -0.3 is 5.32 Å². The minimum absolute atomic E-state index is 0.687. The summed E-state index contributed by atoms with van der Waals surface area (Å²) in [6.45, 7) is 1.72. The summed E-state index contributed by atoms with van der Waals surface area (Å²) >= 11 is 6.12. The molecule has 1 aliphatic heterocycles. The first kappa shape index (κ1) is 10.7. The summed E-state index contributed by atoms with van der Waals surface area (Å²) in [5, 5.41) is 4.03. The SMILES string of the molecule is Clc1ccccc1Cc1ncc2c(n1)CNC2. The van der Waals surface area contributed by atoms with Gasteiger partial charge in [0.1, 0.15) is 5.82 Å². The lowest BCUT2D eigenvalue weighted by atomic mass is 10.1. The zero-order valence-electron chi connectivity index (χ0n) is 9.28. The smallest absolute Gasteiger partial charge is 0.133 e. The van der Waals surface area contributed by atoms with E-state index in [1.54, 1.807) is 0 Å². The molecule has 0 fully saturated rings. The van der Waals surface area contributed by atoms with Crippen molar-refractivity contribution in [1.29, 1.82) is 0 Å². The number of hydrogen-bond acceptors (Lipinski definition) is 3. The molecule has 1 N–H and O–H groups in total. The van der Waals surface area contributed by atoms with Gasteiger partial charge >= 0.3 is 0 Å². The van der Waals surface area contributed by atoms with Crippen molar-refractivity contribution in [2.45, 2.75) is 19.5 Å². The lowest BCUT2D eigenvalue weighted by Gasteiger charge is -2.04. The van der Waals surface area contributed by atoms with Crippen LogP contribution in [0.2, 0.25) is 5.02 Å². The fourth-order valence-electron chi connectivity index (χ4n) is 2.00. The Labute approximate surface area is 105 Å². The van der Waals surface area contributed by atoms with Crippen LogP contribution in [0.3, 0.4) is 0 Å². The summed E-state index contributed by atoms with van der Waals surface area (Å²) in [4.78, 5) is 8.93. The summed E-state index contributed by atoms with van der Waals surface area (Å²) in [5.41, 5.74) is 3.38. The van der Waals surface area contributed by atoms with Crippen molar-refractivity contribution in [3.05, 3.63) is 58.1 Å². The third-order valence-corrected chi connectivity index (χ3v) is 3.29. The summed E-state index contributed by atoms with van der Waals surface area (Å²) < 4.78 is 0. The molecule has 2 heterocycles. The van der Waals surface area contributed by atoms with E-state index in [1.807, 2.05) is 30.5 Å². The fourth-order valence-corrected chi connectivity index (χ4v) is 2.20. The predicted octanol–water partition coefficient (Wildman–Crippen LogP) is 2.32. The lowest BCUT2D eigenvalue weighted by Crippen LogP contribution is -2.02. The molecule has 0 aliphatic carbocycles. The molecule has 0 spiro atoms. The van der Waals surface area contributed by atoms with Gasteiger partial charge in [0, 0.05) is 36.3 Å². The monoisotopic (exact) mass is 245 g/mol. The molecule has 3 rings (SSSR count). The van der Waals surface area contributed by atoms with E-state index in [0.29, 0.717) is 6.42 Å². The number of nitrogens with one attached hydrogen (secondary N) is 1. The maximum absolute atomic E-state index is 6.12. The normalized spacial score (nSPS) is 13.7. The van der Waals surface area contributed by atoms with E-state index < -0.39 is 0 Å². The van der Waals surface area contributed by atoms with Crippen molar-refractivity contribution in [3.63, 3.8) is 0 Å². The molecule has 0 bridgehead atoms. The molecule has 1 aromatic carbocycles. The Kier molecular flexibility index (Phi) is 2.79. The van der Waals surface area contributed by atoms with Gasteiger partial charge in [0.05, 0.1) is 5.69 Å². The maximum Gasteiger partial charge on any atom is 0.133 e. The predicted molar refractivity (Wildman–Crippen MR) is 66.8 cm³/mol. The molecule has 0 atom stereocenters. The zero-order valence-corrected chi connectivity index (χ0v) is 10.0. The Balaban J connectivity index is 1.89. The minimum atomic E-state index is 0.687. The van der Waals surface area contributed by atoms with Gasteiger partial charge in [0.2, 0.25) is 0 Å². The second kappa shape index (κ2) is 4.43. The molecule has 0 amide bonds. The largest absolute Gasteiger partial charge is 0.307 e. The van der Waals surface area contributed by atoms with Gasteiger partial charge in [-0.1, -0.05) is 29.8 Å². The number of fused-ring (bicyclic) bond motifs is 1. The highest BCUT2D eigenvalue weighted by Crippen LogP contribution is 2.18. The molecule has 1 aliphatic rings. The molecule has 0 unspecified atom stereocenters. The van der Waals surface area contributed by atoms with Crippen molar-refractivity contribution in [1.82, 2.24) is 15.3 Å². The van der Waals surface area contributed by atoms with Gasteiger partial charge in [-0.15, -0.1) is 0 Å². The van der Waals surface area contributed by atoms with Crippen LogP contribution in [-0.4, -0.2) is 9.97 Å². The average molecular weight is 246 g/mol. The molecular weight excluding hydrogens is 234 g/mol. The second-order valence-electron chi connectivity index (χ2n) is 4.13. The molecule has 86 valence electrons. The van der Waals surface area contributed by atoms with E-state index >= 15 is 0 Å². The van der Waals surface area contributed by atoms with Gasteiger partial charge in [0.15, 0.2) is 0 Å². The number of rotatable bonds is 2. The quantitative estimate of drug-likeness (QED) is 0.883. The van der Waals surface area contributed by atoms with Crippen LogP contribution in [0.4, 0.5) is 0 Å². The van der Waals surface area contributed by atoms with Crippen LogP contribution >= 0.6 is 11.6 Å². The summed E-state index contributed by atoms with van der Waals surface area (Å²) in [5.74, 6) is 0.834. The van der Waals surface area contributed by atoms with Crippen LogP contribution in [0.1, 0.15) is 22.6 Å². The van der Waals surface area contributed by atoms with Gasteiger partial charge in [-0.3, -0.25) is 0 Å². The maximum atomic E-state index is 6.12. The van der Waals surface area contributed by atoms with Gasteiger partial charge in [-0.2, -0.15) is 0 Å². The van der Waals surface area contributed by atoms with Gasteiger partial charge in [-0.25, -0.2) is 9.97 Å².